The van der Waals surface area contributed by atoms with Crippen LogP contribution in [0.4, 0.5) is 5.69 Å². The summed E-state index contributed by atoms with van der Waals surface area (Å²) in [6.07, 6.45) is 0.575. The van der Waals surface area contributed by atoms with E-state index in [1.807, 2.05) is 14.1 Å². The minimum absolute atomic E-state index is 0.00302. The summed E-state index contributed by atoms with van der Waals surface area (Å²) in [5.74, 6) is 0. The summed E-state index contributed by atoms with van der Waals surface area (Å²) >= 11 is 0. The average molecular weight is 213 g/mol. The first-order valence-electron chi connectivity index (χ1n) is 4.58. The van der Waals surface area contributed by atoms with Gasteiger partial charge in [-0.2, -0.15) is 5.10 Å². The third-order valence-electron chi connectivity index (χ3n) is 1.97. The van der Waals surface area contributed by atoms with E-state index in [9.17, 15) is 4.79 Å². The van der Waals surface area contributed by atoms with Crippen LogP contribution in [0.2, 0.25) is 0 Å². The molecule has 15 heavy (non-hydrogen) atoms. The molecule has 0 fully saturated rings. The number of nitrogens with zero attached hydrogens (tertiary/aromatic N) is 3. The third-order valence-corrected chi connectivity index (χ3v) is 1.97. The highest BCUT2D eigenvalue weighted by atomic mass is 16.3. The van der Waals surface area contributed by atoms with Gasteiger partial charge in [0.15, 0.2) is 0 Å². The van der Waals surface area contributed by atoms with Gasteiger partial charge < -0.3 is 15.1 Å². The van der Waals surface area contributed by atoms with Gasteiger partial charge in [-0.05, 0) is 0 Å². The monoisotopic (exact) mass is 213 g/mol. The lowest BCUT2D eigenvalue weighted by Crippen LogP contribution is -2.30. The first kappa shape index (κ1) is 11.7. The summed E-state index contributed by atoms with van der Waals surface area (Å²) in [4.78, 5) is 13.2. The second-order valence-electron chi connectivity index (χ2n) is 3.46. The SMILES string of the molecule is CN(C)c1cnn(CC(O)CO)c(=O)c1. The van der Waals surface area contributed by atoms with Gasteiger partial charge >= 0.3 is 0 Å². The minimum atomic E-state index is -0.958. The number of aromatic nitrogens is 2. The molecule has 0 saturated carbocycles. The Bertz CT molecular complexity index is 375. The molecule has 0 spiro atoms. The smallest absolute Gasteiger partial charge is 0.268 e. The van der Waals surface area contributed by atoms with Crippen molar-refractivity contribution in [2.45, 2.75) is 12.6 Å². The predicted octanol–water partition coefficient (Wildman–Crippen LogP) is -1.34. The molecule has 1 rings (SSSR count). The molecule has 0 bridgehead atoms. The van der Waals surface area contributed by atoms with Gasteiger partial charge in [-0.15, -0.1) is 0 Å². The van der Waals surface area contributed by atoms with Crippen molar-refractivity contribution in [1.82, 2.24) is 9.78 Å². The van der Waals surface area contributed by atoms with Gasteiger partial charge in [0.1, 0.15) is 0 Å². The van der Waals surface area contributed by atoms with E-state index in [4.69, 9.17) is 10.2 Å². The van der Waals surface area contributed by atoms with Gasteiger partial charge in [-0.25, -0.2) is 4.68 Å². The Labute approximate surface area is 87.4 Å². The Morgan fingerprint density at radius 3 is 2.73 bits per heavy atom. The van der Waals surface area contributed by atoms with Crippen molar-refractivity contribution in [2.24, 2.45) is 0 Å². The van der Waals surface area contributed by atoms with Crippen LogP contribution in [-0.4, -0.2) is 46.8 Å². The van der Waals surface area contributed by atoms with E-state index in [2.05, 4.69) is 5.10 Å². The third kappa shape index (κ3) is 3.03. The minimum Gasteiger partial charge on any atom is -0.394 e. The molecule has 0 aromatic carbocycles. The number of hydrogen-bond donors (Lipinski definition) is 2. The van der Waals surface area contributed by atoms with Gasteiger partial charge in [0.25, 0.3) is 5.56 Å². The molecule has 6 heteroatoms. The summed E-state index contributed by atoms with van der Waals surface area (Å²) in [7, 11) is 3.62. The van der Waals surface area contributed by atoms with Crippen molar-refractivity contribution in [3.8, 4) is 0 Å². The summed E-state index contributed by atoms with van der Waals surface area (Å²) in [6, 6.07) is 1.43. The van der Waals surface area contributed by atoms with Crippen molar-refractivity contribution in [2.75, 3.05) is 25.6 Å². The van der Waals surface area contributed by atoms with Crippen LogP contribution in [0.15, 0.2) is 17.1 Å². The Balaban J connectivity index is 2.89. The zero-order chi connectivity index (χ0) is 11.4. The average Bonchev–Trinajstić information content (AvgIpc) is 2.20. The van der Waals surface area contributed by atoms with Crippen LogP contribution < -0.4 is 10.5 Å². The fourth-order valence-corrected chi connectivity index (χ4v) is 1.06. The summed E-state index contributed by atoms with van der Waals surface area (Å²) in [6.45, 7) is -0.382. The molecular formula is C9H15N3O3. The summed E-state index contributed by atoms with van der Waals surface area (Å²) in [5.41, 5.74) is 0.406. The molecule has 1 heterocycles. The quantitative estimate of drug-likeness (QED) is 0.647. The zero-order valence-corrected chi connectivity index (χ0v) is 8.79. The fraction of sp³-hybridized carbons (Fsp3) is 0.556. The summed E-state index contributed by atoms with van der Waals surface area (Å²) < 4.78 is 1.12. The highest BCUT2D eigenvalue weighted by molar-refractivity contribution is 5.40. The Morgan fingerprint density at radius 2 is 2.27 bits per heavy atom. The van der Waals surface area contributed by atoms with Crippen LogP contribution in [0.5, 0.6) is 0 Å². The van der Waals surface area contributed by atoms with E-state index in [-0.39, 0.29) is 18.7 Å². The lowest BCUT2D eigenvalue weighted by atomic mass is 10.4. The van der Waals surface area contributed by atoms with Crippen molar-refractivity contribution < 1.29 is 10.2 Å². The normalized spacial score (nSPS) is 12.5. The first-order chi connectivity index (χ1) is 7.04. The highest BCUT2D eigenvalue weighted by Crippen LogP contribution is 2.03. The van der Waals surface area contributed by atoms with Crippen molar-refractivity contribution in [3.05, 3.63) is 22.6 Å². The lowest BCUT2D eigenvalue weighted by Gasteiger charge is -2.13. The molecule has 1 atom stereocenters. The molecule has 1 aromatic rings. The molecule has 1 unspecified atom stereocenters. The molecule has 1 aromatic heterocycles. The molecule has 0 aliphatic carbocycles. The molecule has 0 saturated heterocycles. The number of rotatable bonds is 4. The van der Waals surface area contributed by atoms with Crippen molar-refractivity contribution >= 4 is 5.69 Å². The second kappa shape index (κ2) is 4.90. The van der Waals surface area contributed by atoms with Crippen molar-refractivity contribution in [3.63, 3.8) is 0 Å². The molecule has 84 valence electrons. The topological polar surface area (TPSA) is 78.6 Å². The Morgan fingerprint density at radius 1 is 1.60 bits per heavy atom. The number of aliphatic hydroxyl groups excluding tert-OH is 2. The van der Waals surface area contributed by atoms with E-state index in [1.54, 1.807) is 4.90 Å². The maximum Gasteiger partial charge on any atom is 0.268 e. The molecular weight excluding hydrogens is 198 g/mol. The van der Waals surface area contributed by atoms with Crippen LogP contribution in [0.3, 0.4) is 0 Å². The molecule has 0 radical (unpaired) electrons. The van der Waals surface area contributed by atoms with E-state index >= 15 is 0 Å². The standard InChI is InChI=1S/C9H15N3O3/c1-11(2)7-3-9(15)12(10-4-7)5-8(14)6-13/h3-4,8,13-14H,5-6H2,1-2H3. The number of hydrogen-bond acceptors (Lipinski definition) is 5. The van der Waals surface area contributed by atoms with Gasteiger partial charge in [0, 0.05) is 20.2 Å². The van der Waals surface area contributed by atoms with Crippen LogP contribution >= 0.6 is 0 Å². The van der Waals surface area contributed by atoms with E-state index in [1.165, 1.54) is 12.3 Å². The van der Waals surface area contributed by atoms with Gasteiger partial charge in [0.2, 0.25) is 0 Å². The van der Waals surface area contributed by atoms with Crippen LogP contribution in [0.25, 0.3) is 0 Å². The van der Waals surface area contributed by atoms with Crippen LogP contribution in [0.1, 0.15) is 0 Å². The van der Waals surface area contributed by atoms with Gasteiger partial charge in [-0.1, -0.05) is 0 Å². The first-order valence-corrected chi connectivity index (χ1v) is 4.58. The highest BCUT2D eigenvalue weighted by Gasteiger charge is 2.06. The molecule has 2 N–H and O–H groups in total. The van der Waals surface area contributed by atoms with E-state index in [0.717, 1.165) is 4.68 Å². The van der Waals surface area contributed by atoms with Crippen LogP contribution in [0, 0.1) is 0 Å². The molecule has 0 amide bonds. The fourth-order valence-electron chi connectivity index (χ4n) is 1.06. The molecule has 0 aliphatic heterocycles. The molecule has 0 aliphatic rings. The predicted molar refractivity (Wildman–Crippen MR) is 55.9 cm³/mol. The Hall–Kier alpha value is -1.40. The lowest BCUT2D eigenvalue weighted by molar-refractivity contribution is 0.0770. The number of aliphatic hydroxyl groups is 2. The van der Waals surface area contributed by atoms with Gasteiger partial charge in [0.05, 0.1) is 31.1 Å². The summed E-state index contributed by atoms with van der Waals surface area (Å²) in [5, 5.41) is 21.7. The number of anilines is 1. The van der Waals surface area contributed by atoms with E-state index in [0.29, 0.717) is 5.69 Å². The van der Waals surface area contributed by atoms with E-state index < -0.39 is 6.10 Å². The maximum absolute atomic E-state index is 11.5. The second-order valence-corrected chi connectivity index (χ2v) is 3.46. The maximum atomic E-state index is 11.5. The molecule has 6 nitrogen and oxygen atoms in total. The Kier molecular flexibility index (Phi) is 3.81. The van der Waals surface area contributed by atoms with Crippen LogP contribution in [-0.2, 0) is 6.54 Å². The van der Waals surface area contributed by atoms with Crippen molar-refractivity contribution in [1.29, 1.82) is 0 Å². The largest absolute Gasteiger partial charge is 0.394 e. The zero-order valence-electron chi connectivity index (χ0n) is 8.79. The van der Waals surface area contributed by atoms with Gasteiger partial charge in [-0.3, -0.25) is 4.79 Å².